The predicted octanol–water partition coefficient (Wildman–Crippen LogP) is -0.794. The van der Waals surface area contributed by atoms with Crippen LogP contribution in [0.1, 0.15) is 12.8 Å². The first kappa shape index (κ1) is 12.6. The van der Waals surface area contributed by atoms with Gasteiger partial charge >= 0.3 is 5.69 Å². The van der Waals surface area contributed by atoms with Crippen molar-refractivity contribution in [1.29, 1.82) is 0 Å². The number of aryl methyl sites for hydroxylation is 2. The SMILES string of the molecule is Cn1c(=O)c2c(ncn2C)n(CCCCO)c1=O. The highest BCUT2D eigenvalue weighted by molar-refractivity contribution is 5.69. The second-order valence-electron chi connectivity index (χ2n) is 4.26. The fourth-order valence-electron chi connectivity index (χ4n) is 1.96. The highest BCUT2D eigenvalue weighted by atomic mass is 16.3. The number of hydrogen-bond acceptors (Lipinski definition) is 4. The lowest BCUT2D eigenvalue weighted by molar-refractivity contribution is 0.281. The number of unbranched alkanes of at least 4 members (excludes halogenated alkanes) is 1. The summed E-state index contributed by atoms with van der Waals surface area (Å²) >= 11 is 0. The van der Waals surface area contributed by atoms with Gasteiger partial charge in [0, 0.05) is 27.2 Å². The van der Waals surface area contributed by atoms with Gasteiger partial charge in [0.15, 0.2) is 11.2 Å². The summed E-state index contributed by atoms with van der Waals surface area (Å²) in [4.78, 5) is 28.1. The molecule has 98 valence electrons. The summed E-state index contributed by atoms with van der Waals surface area (Å²) in [5, 5.41) is 8.77. The van der Waals surface area contributed by atoms with Crippen LogP contribution in [0.2, 0.25) is 0 Å². The summed E-state index contributed by atoms with van der Waals surface area (Å²) in [7, 11) is 3.18. The molecule has 0 atom stereocenters. The standard InChI is InChI=1S/C11H16N4O3/c1-13-7-12-9-8(13)10(17)14(2)11(18)15(9)5-3-4-6-16/h7,16H,3-6H2,1-2H3. The van der Waals surface area contributed by atoms with E-state index in [-0.39, 0.29) is 17.9 Å². The minimum atomic E-state index is -0.371. The Bertz CT molecular complexity index is 680. The van der Waals surface area contributed by atoms with E-state index in [1.165, 1.54) is 17.9 Å². The van der Waals surface area contributed by atoms with Crippen molar-refractivity contribution >= 4 is 11.2 Å². The molecule has 0 unspecified atom stereocenters. The molecule has 0 saturated heterocycles. The fourth-order valence-corrected chi connectivity index (χ4v) is 1.96. The zero-order valence-electron chi connectivity index (χ0n) is 10.5. The van der Waals surface area contributed by atoms with E-state index in [1.54, 1.807) is 11.6 Å². The largest absolute Gasteiger partial charge is 0.396 e. The molecule has 7 nitrogen and oxygen atoms in total. The second-order valence-corrected chi connectivity index (χ2v) is 4.26. The van der Waals surface area contributed by atoms with E-state index in [1.807, 2.05) is 0 Å². The minimum Gasteiger partial charge on any atom is -0.396 e. The van der Waals surface area contributed by atoms with Crippen LogP contribution in [0, 0.1) is 0 Å². The smallest absolute Gasteiger partial charge is 0.332 e. The highest BCUT2D eigenvalue weighted by Gasteiger charge is 2.14. The van der Waals surface area contributed by atoms with E-state index < -0.39 is 0 Å². The number of aliphatic hydroxyl groups excluding tert-OH is 1. The third kappa shape index (κ3) is 1.86. The second kappa shape index (κ2) is 4.77. The van der Waals surface area contributed by atoms with Crippen LogP contribution in [0.25, 0.3) is 11.2 Å². The van der Waals surface area contributed by atoms with Gasteiger partial charge in [-0.1, -0.05) is 0 Å². The molecule has 2 rings (SSSR count). The van der Waals surface area contributed by atoms with Crippen LogP contribution in [-0.2, 0) is 20.6 Å². The maximum absolute atomic E-state index is 12.0. The Morgan fingerprint density at radius 2 is 2.00 bits per heavy atom. The van der Waals surface area contributed by atoms with E-state index in [0.29, 0.717) is 30.6 Å². The molecule has 0 aliphatic heterocycles. The van der Waals surface area contributed by atoms with Gasteiger partial charge in [-0.2, -0.15) is 0 Å². The molecule has 18 heavy (non-hydrogen) atoms. The normalized spacial score (nSPS) is 11.3. The highest BCUT2D eigenvalue weighted by Crippen LogP contribution is 2.05. The van der Waals surface area contributed by atoms with Crippen LogP contribution >= 0.6 is 0 Å². The predicted molar refractivity (Wildman–Crippen MR) is 66.5 cm³/mol. The van der Waals surface area contributed by atoms with Crippen LogP contribution in [0.15, 0.2) is 15.9 Å². The van der Waals surface area contributed by atoms with Gasteiger partial charge in [0.1, 0.15) is 0 Å². The summed E-state index contributed by atoms with van der Waals surface area (Å²) in [6.07, 6.45) is 2.80. The van der Waals surface area contributed by atoms with Gasteiger partial charge in [0.05, 0.1) is 6.33 Å². The van der Waals surface area contributed by atoms with Gasteiger partial charge in [0.2, 0.25) is 0 Å². The average molecular weight is 252 g/mol. The number of hydrogen-bond donors (Lipinski definition) is 1. The lowest BCUT2D eigenvalue weighted by Crippen LogP contribution is -2.38. The van der Waals surface area contributed by atoms with Gasteiger partial charge < -0.3 is 9.67 Å². The molecule has 0 radical (unpaired) electrons. The molecule has 0 bridgehead atoms. The fraction of sp³-hybridized carbons (Fsp3) is 0.545. The van der Waals surface area contributed by atoms with Crippen molar-refractivity contribution in [3.8, 4) is 0 Å². The van der Waals surface area contributed by atoms with Gasteiger partial charge in [-0.3, -0.25) is 13.9 Å². The lowest BCUT2D eigenvalue weighted by atomic mass is 10.3. The zero-order valence-corrected chi connectivity index (χ0v) is 10.5. The molecule has 0 aromatic carbocycles. The average Bonchev–Trinajstić information content (AvgIpc) is 2.73. The Labute approximate surface area is 103 Å². The molecule has 0 fully saturated rings. The van der Waals surface area contributed by atoms with Crippen molar-refractivity contribution in [3.05, 3.63) is 27.2 Å². The van der Waals surface area contributed by atoms with Crippen LogP contribution in [0.4, 0.5) is 0 Å². The maximum Gasteiger partial charge on any atom is 0.332 e. The molecule has 1 N–H and O–H groups in total. The Hall–Kier alpha value is -1.89. The van der Waals surface area contributed by atoms with Crippen LogP contribution < -0.4 is 11.2 Å². The van der Waals surface area contributed by atoms with Gasteiger partial charge in [-0.25, -0.2) is 9.78 Å². The molecule has 0 spiro atoms. The van der Waals surface area contributed by atoms with E-state index in [9.17, 15) is 9.59 Å². The molecule has 7 heteroatoms. The topological polar surface area (TPSA) is 82.1 Å². The number of fused-ring (bicyclic) bond motifs is 1. The lowest BCUT2D eigenvalue weighted by Gasteiger charge is -2.08. The molecule has 2 heterocycles. The summed E-state index contributed by atoms with van der Waals surface area (Å²) in [6, 6.07) is 0. The van der Waals surface area contributed by atoms with E-state index in [4.69, 9.17) is 5.11 Å². The third-order valence-electron chi connectivity index (χ3n) is 2.99. The van der Waals surface area contributed by atoms with Crippen LogP contribution in [-0.4, -0.2) is 30.4 Å². The Morgan fingerprint density at radius 1 is 1.28 bits per heavy atom. The number of aromatic nitrogens is 4. The zero-order chi connectivity index (χ0) is 13.3. The van der Waals surface area contributed by atoms with Crippen molar-refractivity contribution < 1.29 is 5.11 Å². The summed E-state index contributed by atoms with van der Waals surface area (Å²) in [5.74, 6) is 0. The molecule has 0 saturated carbocycles. The van der Waals surface area contributed by atoms with Crippen LogP contribution in [0.3, 0.4) is 0 Å². The van der Waals surface area contributed by atoms with Crippen molar-refractivity contribution in [2.24, 2.45) is 14.1 Å². The van der Waals surface area contributed by atoms with Gasteiger partial charge in [0.25, 0.3) is 5.56 Å². The molecule has 0 amide bonds. The first-order chi connectivity index (χ1) is 8.57. The van der Waals surface area contributed by atoms with Crippen molar-refractivity contribution in [2.45, 2.75) is 19.4 Å². The monoisotopic (exact) mass is 252 g/mol. The summed E-state index contributed by atoms with van der Waals surface area (Å²) < 4.78 is 4.18. The van der Waals surface area contributed by atoms with Crippen molar-refractivity contribution in [2.75, 3.05) is 6.61 Å². The quantitative estimate of drug-likeness (QED) is 0.723. The number of imidazole rings is 1. The number of rotatable bonds is 4. The van der Waals surface area contributed by atoms with Crippen molar-refractivity contribution in [3.63, 3.8) is 0 Å². The van der Waals surface area contributed by atoms with Crippen molar-refractivity contribution in [1.82, 2.24) is 18.7 Å². The first-order valence-electron chi connectivity index (χ1n) is 5.79. The van der Waals surface area contributed by atoms with Gasteiger partial charge in [-0.15, -0.1) is 0 Å². The van der Waals surface area contributed by atoms with Gasteiger partial charge in [-0.05, 0) is 12.8 Å². The first-order valence-corrected chi connectivity index (χ1v) is 5.79. The molecular formula is C11H16N4O3. The molecule has 2 aromatic rings. The molecule has 2 aromatic heterocycles. The number of aliphatic hydroxyl groups is 1. The maximum atomic E-state index is 12.0. The Balaban J connectivity index is 2.65. The summed E-state index contributed by atoms with van der Waals surface area (Å²) in [6.45, 7) is 0.535. The van der Waals surface area contributed by atoms with E-state index >= 15 is 0 Å². The van der Waals surface area contributed by atoms with Crippen LogP contribution in [0.5, 0.6) is 0 Å². The number of nitrogens with zero attached hydrogens (tertiary/aromatic N) is 4. The Kier molecular flexibility index (Phi) is 3.33. The minimum absolute atomic E-state index is 0.0892. The summed E-state index contributed by atoms with van der Waals surface area (Å²) in [5.41, 5.74) is 0.113. The molecule has 0 aliphatic carbocycles. The van der Waals surface area contributed by atoms with E-state index in [2.05, 4.69) is 4.98 Å². The Morgan fingerprint density at radius 3 is 2.67 bits per heavy atom. The third-order valence-corrected chi connectivity index (χ3v) is 2.99. The van der Waals surface area contributed by atoms with E-state index in [0.717, 1.165) is 4.57 Å². The molecule has 0 aliphatic rings. The molecular weight excluding hydrogens is 236 g/mol.